The zero-order valence-corrected chi connectivity index (χ0v) is 14.4. The number of nitrogens with one attached hydrogen (secondary N) is 1. The van der Waals surface area contributed by atoms with Gasteiger partial charge in [0.25, 0.3) is 0 Å². The number of hydrogen-bond acceptors (Lipinski definition) is 3. The molecule has 3 heteroatoms. The Morgan fingerprint density at radius 3 is 2.19 bits per heavy atom. The Bertz CT molecular complexity index is 437. The molecule has 1 rings (SSSR count). The van der Waals surface area contributed by atoms with Crippen LogP contribution in [0.5, 0.6) is 5.75 Å². The van der Waals surface area contributed by atoms with E-state index >= 15 is 0 Å². The van der Waals surface area contributed by atoms with Gasteiger partial charge in [0.2, 0.25) is 0 Å². The molecule has 0 fully saturated rings. The van der Waals surface area contributed by atoms with Crippen LogP contribution in [-0.2, 0) is 5.41 Å². The summed E-state index contributed by atoms with van der Waals surface area (Å²) in [7, 11) is 1.69. The van der Waals surface area contributed by atoms with E-state index in [9.17, 15) is 5.11 Å². The Balaban J connectivity index is 3.00. The van der Waals surface area contributed by atoms with Crippen LogP contribution < -0.4 is 10.1 Å². The molecule has 0 amide bonds. The standard InChI is InChI=1S/C18H31NO2/c1-7-18(8-2,13-20)12-19-15-11-14(17(3,4)5)9-10-16(15)21-6/h9-11,19-20H,7-8,12-13H2,1-6H3. The van der Waals surface area contributed by atoms with E-state index in [0.29, 0.717) is 0 Å². The molecule has 120 valence electrons. The number of benzene rings is 1. The highest BCUT2D eigenvalue weighted by Gasteiger charge is 2.25. The highest BCUT2D eigenvalue weighted by atomic mass is 16.5. The van der Waals surface area contributed by atoms with Crippen LogP contribution in [0, 0.1) is 5.41 Å². The van der Waals surface area contributed by atoms with Gasteiger partial charge in [-0.25, -0.2) is 0 Å². The summed E-state index contributed by atoms with van der Waals surface area (Å²) in [5.41, 5.74) is 2.31. The zero-order chi connectivity index (χ0) is 16.1. The van der Waals surface area contributed by atoms with Gasteiger partial charge >= 0.3 is 0 Å². The molecule has 0 aliphatic carbocycles. The number of hydrogen-bond donors (Lipinski definition) is 2. The molecular weight excluding hydrogens is 262 g/mol. The minimum absolute atomic E-state index is 0.0667. The molecule has 2 N–H and O–H groups in total. The molecular formula is C18H31NO2. The molecule has 1 aromatic rings. The van der Waals surface area contributed by atoms with Gasteiger partial charge in [-0.15, -0.1) is 0 Å². The number of aliphatic hydroxyl groups is 1. The first-order valence-electron chi connectivity index (χ1n) is 7.85. The van der Waals surface area contributed by atoms with E-state index in [0.717, 1.165) is 30.8 Å². The number of anilines is 1. The molecule has 0 unspecified atom stereocenters. The van der Waals surface area contributed by atoms with Crippen molar-refractivity contribution in [2.24, 2.45) is 5.41 Å². The van der Waals surface area contributed by atoms with Crippen molar-refractivity contribution in [3.05, 3.63) is 23.8 Å². The van der Waals surface area contributed by atoms with E-state index in [1.54, 1.807) is 7.11 Å². The van der Waals surface area contributed by atoms with Gasteiger partial charge < -0.3 is 15.2 Å². The third kappa shape index (κ3) is 4.37. The van der Waals surface area contributed by atoms with Crippen LogP contribution in [0.3, 0.4) is 0 Å². The van der Waals surface area contributed by atoms with Crippen molar-refractivity contribution >= 4 is 5.69 Å². The van der Waals surface area contributed by atoms with Crippen LogP contribution in [0.4, 0.5) is 5.69 Å². The molecule has 0 atom stereocenters. The zero-order valence-electron chi connectivity index (χ0n) is 14.4. The summed E-state index contributed by atoms with van der Waals surface area (Å²) in [6.07, 6.45) is 1.91. The Kier molecular flexibility index (Phi) is 6.09. The predicted octanol–water partition coefficient (Wildman–Crippen LogP) is 4.20. The van der Waals surface area contributed by atoms with Crippen LogP contribution in [0.2, 0.25) is 0 Å². The van der Waals surface area contributed by atoms with Crippen LogP contribution in [0.15, 0.2) is 18.2 Å². The fourth-order valence-electron chi connectivity index (χ4n) is 2.37. The molecule has 21 heavy (non-hydrogen) atoms. The van der Waals surface area contributed by atoms with Crippen LogP contribution in [-0.4, -0.2) is 25.4 Å². The molecule has 0 heterocycles. The molecule has 3 nitrogen and oxygen atoms in total. The molecule has 0 spiro atoms. The summed E-state index contributed by atoms with van der Waals surface area (Å²) in [6.45, 7) is 11.8. The lowest BCUT2D eigenvalue weighted by Gasteiger charge is -2.30. The SMILES string of the molecule is CCC(CC)(CO)CNc1cc(C(C)(C)C)ccc1OC. The van der Waals surface area contributed by atoms with Gasteiger partial charge in [-0.05, 0) is 36.0 Å². The van der Waals surface area contributed by atoms with Gasteiger partial charge in [0, 0.05) is 12.0 Å². The third-order valence-electron chi connectivity index (χ3n) is 4.55. The number of rotatable bonds is 7. The average molecular weight is 293 g/mol. The van der Waals surface area contributed by atoms with Crippen molar-refractivity contribution in [3.8, 4) is 5.75 Å². The monoisotopic (exact) mass is 293 g/mol. The Morgan fingerprint density at radius 1 is 1.14 bits per heavy atom. The molecule has 0 aliphatic rings. The smallest absolute Gasteiger partial charge is 0.141 e. The fraction of sp³-hybridized carbons (Fsp3) is 0.667. The molecule has 0 aliphatic heterocycles. The highest BCUT2D eigenvalue weighted by molar-refractivity contribution is 5.59. The van der Waals surface area contributed by atoms with Crippen LogP contribution >= 0.6 is 0 Å². The van der Waals surface area contributed by atoms with E-state index in [2.05, 4.69) is 52.1 Å². The van der Waals surface area contributed by atoms with Crippen LogP contribution in [0.1, 0.15) is 53.0 Å². The molecule has 0 bridgehead atoms. The Morgan fingerprint density at radius 2 is 1.76 bits per heavy atom. The summed E-state index contributed by atoms with van der Waals surface area (Å²) in [5, 5.41) is 13.2. The highest BCUT2D eigenvalue weighted by Crippen LogP contribution is 2.33. The van der Waals surface area contributed by atoms with E-state index in [-0.39, 0.29) is 17.4 Å². The summed E-state index contributed by atoms with van der Waals surface area (Å²) in [5.74, 6) is 0.849. The van der Waals surface area contributed by atoms with Crippen molar-refractivity contribution in [3.63, 3.8) is 0 Å². The van der Waals surface area contributed by atoms with Crippen molar-refractivity contribution in [2.45, 2.75) is 52.9 Å². The lowest BCUT2D eigenvalue weighted by Crippen LogP contribution is -2.32. The third-order valence-corrected chi connectivity index (χ3v) is 4.55. The van der Waals surface area contributed by atoms with Crippen molar-refractivity contribution < 1.29 is 9.84 Å². The first-order chi connectivity index (χ1) is 9.81. The van der Waals surface area contributed by atoms with Gasteiger partial charge in [-0.1, -0.05) is 40.7 Å². The maximum Gasteiger partial charge on any atom is 0.141 e. The minimum Gasteiger partial charge on any atom is -0.495 e. The van der Waals surface area contributed by atoms with E-state index in [1.165, 1.54) is 5.56 Å². The summed E-state index contributed by atoms with van der Waals surface area (Å²) in [4.78, 5) is 0. The van der Waals surface area contributed by atoms with Gasteiger partial charge in [-0.2, -0.15) is 0 Å². The summed E-state index contributed by atoms with van der Waals surface area (Å²) >= 11 is 0. The van der Waals surface area contributed by atoms with Crippen molar-refractivity contribution in [1.82, 2.24) is 0 Å². The predicted molar refractivity (Wildman–Crippen MR) is 90.3 cm³/mol. The lowest BCUT2D eigenvalue weighted by atomic mass is 9.83. The minimum atomic E-state index is -0.0667. The van der Waals surface area contributed by atoms with Gasteiger partial charge in [-0.3, -0.25) is 0 Å². The molecule has 0 saturated heterocycles. The Hall–Kier alpha value is -1.22. The Labute approximate surface area is 129 Å². The summed E-state index contributed by atoms with van der Waals surface area (Å²) in [6, 6.07) is 6.29. The lowest BCUT2D eigenvalue weighted by molar-refractivity contribution is 0.127. The first kappa shape index (κ1) is 17.8. The van der Waals surface area contributed by atoms with E-state index in [4.69, 9.17) is 4.74 Å². The van der Waals surface area contributed by atoms with Gasteiger partial charge in [0.05, 0.1) is 19.4 Å². The van der Waals surface area contributed by atoms with E-state index in [1.807, 2.05) is 6.07 Å². The average Bonchev–Trinajstić information content (AvgIpc) is 2.48. The second-order valence-corrected chi connectivity index (χ2v) is 6.88. The second kappa shape index (κ2) is 7.17. The summed E-state index contributed by atoms with van der Waals surface area (Å²) < 4.78 is 5.45. The normalized spacial score (nSPS) is 12.3. The first-order valence-corrected chi connectivity index (χ1v) is 7.85. The number of methoxy groups -OCH3 is 1. The molecule has 1 aromatic carbocycles. The number of ether oxygens (including phenoxy) is 1. The van der Waals surface area contributed by atoms with Crippen LogP contribution in [0.25, 0.3) is 0 Å². The molecule has 0 aromatic heterocycles. The van der Waals surface area contributed by atoms with Crippen molar-refractivity contribution in [1.29, 1.82) is 0 Å². The largest absolute Gasteiger partial charge is 0.495 e. The molecule has 0 radical (unpaired) electrons. The maximum atomic E-state index is 9.69. The number of aliphatic hydroxyl groups excluding tert-OH is 1. The molecule has 0 saturated carbocycles. The topological polar surface area (TPSA) is 41.5 Å². The van der Waals surface area contributed by atoms with E-state index < -0.39 is 0 Å². The van der Waals surface area contributed by atoms with Crippen molar-refractivity contribution in [2.75, 3.05) is 25.6 Å². The fourth-order valence-corrected chi connectivity index (χ4v) is 2.37. The quantitative estimate of drug-likeness (QED) is 0.791. The maximum absolute atomic E-state index is 9.69. The van der Waals surface area contributed by atoms with Gasteiger partial charge in [0.1, 0.15) is 5.75 Å². The van der Waals surface area contributed by atoms with Gasteiger partial charge in [0.15, 0.2) is 0 Å². The second-order valence-electron chi connectivity index (χ2n) is 6.88.